The van der Waals surface area contributed by atoms with Crippen LogP contribution in [0.15, 0.2) is 54.7 Å². The molecule has 2 aromatic carbocycles. The summed E-state index contributed by atoms with van der Waals surface area (Å²) in [5.74, 6) is -0.0115. The molecule has 38 heavy (non-hydrogen) atoms. The van der Waals surface area contributed by atoms with Crippen LogP contribution in [0.3, 0.4) is 0 Å². The van der Waals surface area contributed by atoms with Crippen LogP contribution in [0.25, 0.3) is 16.9 Å². The number of halogens is 1. The van der Waals surface area contributed by atoms with Gasteiger partial charge in [-0.15, -0.1) is 5.10 Å². The van der Waals surface area contributed by atoms with Crippen LogP contribution in [0, 0.1) is 12.7 Å². The number of imidazole rings is 1. The molecule has 0 spiro atoms. The van der Waals surface area contributed by atoms with Gasteiger partial charge in [0, 0.05) is 42.4 Å². The number of fused-ring (bicyclic) bond motifs is 1. The Morgan fingerprint density at radius 1 is 1.16 bits per heavy atom. The molecule has 1 saturated carbocycles. The minimum absolute atomic E-state index is 0.0810. The van der Waals surface area contributed by atoms with Crippen molar-refractivity contribution in [2.24, 2.45) is 0 Å². The normalized spacial score (nSPS) is 12.8. The monoisotopic (exact) mass is 518 g/mol. The third-order valence-corrected chi connectivity index (χ3v) is 6.09. The maximum absolute atomic E-state index is 13.7. The molecule has 1 aliphatic carbocycles. The first kappa shape index (κ1) is 25.0. The number of aryl methyl sites for hydroxylation is 1. The number of hydrogen-bond acceptors (Lipinski definition) is 6. The van der Waals surface area contributed by atoms with Gasteiger partial charge < -0.3 is 25.8 Å². The Kier molecular flexibility index (Phi) is 7.07. The van der Waals surface area contributed by atoms with E-state index in [1.807, 2.05) is 19.1 Å². The van der Waals surface area contributed by atoms with E-state index in [-0.39, 0.29) is 30.1 Å². The number of carbonyl (C=O) groups is 2. The van der Waals surface area contributed by atoms with E-state index >= 15 is 0 Å². The molecule has 0 aliphatic heterocycles. The first-order valence-electron chi connectivity index (χ1n) is 12.3. The number of amides is 2. The molecule has 1 fully saturated rings. The Morgan fingerprint density at radius 3 is 2.74 bits per heavy atom. The average Bonchev–Trinajstić information content (AvgIpc) is 3.58. The summed E-state index contributed by atoms with van der Waals surface area (Å²) >= 11 is 0. The number of carbonyl (C=O) groups excluding carboxylic acids is 1. The van der Waals surface area contributed by atoms with E-state index in [0.717, 1.165) is 24.0 Å². The van der Waals surface area contributed by atoms with E-state index in [9.17, 15) is 14.0 Å². The molecule has 11 heteroatoms. The van der Waals surface area contributed by atoms with Gasteiger partial charge in [0.05, 0.1) is 17.6 Å². The molecule has 0 atom stereocenters. The molecule has 0 saturated heterocycles. The third kappa shape index (κ3) is 5.83. The number of anilines is 1. The van der Waals surface area contributed by atoms with Crippen LogP contribution in [0.2, 0.25) is 0 Å². The third-order valence-electron chi connectivity index (χ3n) is 6.09. The van der Waals surface area contributed by atoms with E-state index < -0.39 is 11.9 Å². The molecule has 2 amide bonds. The van der Waals surface area contributed by atoms with E-state index in [4.69, 9.17) is 9.84 Å². The molecule has 196 valence electrons. The minimum atomic E-state index is -1.08. The summed E-state index contributed by atoms with van der Waals surface area (Å²) in [7, 11) is 0. The number of hydrogen-bond donors (Lipinski definition) is 4. The number of aromatic nitrogens is 3. The summed E-state index contributed by atoms with van der Waals surface area (Å²) in [5, 5.41) is 22.0. The number of carboxylic acid groups (broad SMARTS) is 1. The molecule has 5 rings (SSSR count). The first-order valence-corrected chi connectivity index (χ1v) is 12.3. The van der Waals surface area contributed by atoms with E-state index in [0.29, 0.717) is 35.6 Å². The summed E-state index contributed by atoms with van der Waals surface area (Å²) in [6, 6.07) is 13.3. The van der Waals surface area contributed by atoms with Crippen molar-refractivity contribution in [2.75, 3.05) is 18.4 Å². The van der Waals surface area contributed by atoms with E-state index in [2.05, 4.69) is 26.0 Å². The van der Waals surface area contributed by atoms with Crippen LogP contribution in [0.4, 0.5) is 14.9 Å². The van der Waals surface area contributed by atoms with Crippen molar-refractivity contribution in [2.45, 2.75) is 32.2 Å². The fraction of sp³-hybridized carbons (Fsp3) is 0.259. The van der Waals surface area contributed by atoms with Gasteiger partial charge in [-0.05, 0) is 56.0 Å². The molecule has 4 aromatic rings. The zero-order valence-electron chi connectivity index (χ0n) is 20.7. The van der Waals surface area contributed by atoms with Gasteiger partial charge in [-0.1, -0.05) is 12.1 Å². The lowest BCUT2D eigenvalue weighted by Gasteiger charge is -2.12. The van der Waals surface area contributed by atoms with Gasteiger partial charge in [0.15, 0.2) is 5.65 Å². The molecule has 4 N–H and O–H groups in total. The zero-order chi connectivity index (χ0) is 26.6. The molecule has 0 unspecified atom stereocenters. The van der Waals surface area contributed by atoms with E-state index in [1.54, 1.807) is 35.0 Å². The lowest BCUT2D eigenvalue weighted by molar-refractivity contribution is 0.0950. The summed E-state index contributed by atoms with van der Waals surface area (Å²) in [5.41, 5.74) is 4.08. The van der Waals surface area contributed by atoms with Gasteiger partial charge >= 0.3 is 6.09 Å². The molecule has 0 bridgehead atoms. The van der Waals surface area contributed by atoms with Crippen molar-refractivity contribution < 1.29 is 23.8 Å². The lowest BCUT2D eigenvalue weighted by Crippen LogP contribution is -2.26. The van der Waals surface area contributed by atoms with Crippen LogP contribution in [0.5, 0.6) is 11.6 Å². The van der Waals surface area contributed by atoms with Crippen molar-refractivity contribution in [1.29, 1.82) is 0 Å². The summed E-state index contributed by atoms with van der Waals surface area (Å²) < 4.78 is 21.2. The highest BCUT2D eigenvalue weighted by Gasteiger charge is 2.24. The summed E-state index contributed by atoms with van der Waals surface area (Å²) in [4.78, 5) is 27.8. The Bertz CT molecular complexity index is 1500. The molecule has 2 aromatic heterocycles. The number of nitrogens with zero attached hydrogens (tertiary/aromatic N) is 3. The van der Waals surface area contributed by atoms with Crippen LogP contribution < -0.4 is 20.7 Å². The minimum Gasteiger partial charge on any atom is -0.465 e. The SMILES string of the molecule is Cc1cc(-c2cnc3c(NCCCNC(=O)O)cc(Oc4cccc(F)c4)nn23)ccc1C(=O)NC1CC1. The molecule has 2 heterocycles. The lowest BCUT2D eigenvalue weighted by atomic mass is 10.0. The van der Waals surface area contributed by atoms with Crippen LogP contribution in [-0.4, -0.2) is 50.8 Å². The molecular formula is C27H27FN6O4. The molecule has 1 aliphatic rings. The molecular weight excluding hydrogens is 491 g/mol. The van der Waals surface area contributed by atoms with Crippen molar-refractivity contribution in [3.05, 3.63) is 71.7 Å². The Hall–Kier alpha value is -4.67. The first-order chi connectivity index (χ1) is 18.4. The van der Waals surface area contributed by atoms with Crippen LogP contribution in [-0.2, 0) is 0 Å². The van der Waals surface area contributed by atoms with Gasteiger partial charge in [-0.25, -0.2) is 18.7 Å². The highest BCUT2D eigenvalue weighted by Crippen LogP contribution is 2.30. The highest BCUT2D eigenvalue weighted by molar-refractivity contribution is 5.96. The Balaban J connectivity index is 1.46. The largest absolute Gasteiger partial charge is 0.465 e. The number of benzene rings is 2. The quantitative estimate of drug-likeness (QED) is 0.226. The summed E-state index contributed by atoms with van der Waals surface area (Å²) in [6.07, 6.45) is 3.18. The second kappa shape index (κ2) is 10.8. The zero-order valence-corrected chi connectivity index (χ0v) is 20.7. The fourth-order valence-corrected chi connectivity index (χ4v) is 4.05. The second-order valence-corrected chi connectivity index (χ2v) is 9.12. The van der Waals surface area contributed by atoms with Crippen molar-refractivity contribution in [3.8, 4) is 22.9 Å². The van der Waals surface area contributed by atoms with E-state index in [1.165, 1.54) is 12.1 Å². The van der Waals surface area contributed by atoms with Gasteiger partial charge in [-0.3, -0.25) is 4.79 Å². The molecule has 0 radical (unpaired) electrons. The van der Waals surface area contributed by atoms with Gasteiger partial charge in [0.1, 0.15) is 11.6 Å². The number of rotatable bonds is 10. The summed E-state index contributed by atoms with van der Waals surface area (Å²) in [6.45, 7) is 2.64. The fourth-order valence-electron chi connectivity index (χ4n) is 4.05. The van der Waals surface area contributed by atoms with Crippen molar-refractivity contribution in [1.82, 2.24) is 25.2 Å². The predicted octanol–water partition coefficient (Wildman–Crippen LogP) is 4.60. The smallest absolute Gasteiger partial charge is 0.404 e. The van der Waals surface area contributed by atoms with Crippen molar-refractivity contribution in [3.63, 3.8) is 0 Å². The van der Waals surface area contributed by atoms with Crippen LogP contribution in [0.1, 0.15) is 35.2 Å². The second-order valence-electron chi connectivity index (χ2n) is 9.12. The predicted molar refractivity (Wildman–Crippen MR) is 139 cm³/mol. The van der Waals surface area contributed by atoms with Crippen molar-refractivity contribution >= 4 is 23.3 Å². The standard InChI is InChI=1S/C27H27FN6O4/c1-16-12-17(6-9-21(16)26(35)32-19-7-8-19)23-15-31-25-22(29-10-3-11-30-27(36)37)14-24(33-34(23)25)38-20-5-2-4-18(28)13-20/h2,4-6,9,12-15,19,29-30H,3,7-8,10-11H2,1H3,(H,32,35)(H,36,37). The topological polar surface area (TPSA) is 130 Å². The highest BCUT2D eigenvalue weighted by atomic mass is 19.1. The maximum Gasteiger partial charge on any atom is 0.404 e. The van der Waals surface area contributed by atoms with Crippen LogP contribution >= 0.6 is 0 Å². The van der Waals surface area contributed by atoms with Gasteiger partial charge in [-0.2, -0.15) is 0 Å². The maximum atomic E-state index is 13.7. The van der Waals surface area contributed by atoms with Gasteiger partial charge in [0.2, 0.25) is 5.88 Å². The number of nitrogens with one attached hydrogen (secondary N) is 3. The Labute approximate surface area is 217 Å². The molecule has 10 nitrogen and oxygen atoms in total. The Morgan fingerprint density at radius 2 is 2.00 bits per heavy atom. The van der Waals surface area contributed by atoms with Gasteiger partial charge in [0.25, 0.3) is 5.91 Å². The number of ether oxygens (including phenoxy) is 1. The average molecular weight is 519 g/mol.